The number of aryl methyl sites for hydroxylation is 1. The van der Waals surface area contributed by atoms with Crippen LogP contribution in [0.5, 0.6) is 0 Å². The second-order valence-corrected chi connectivity index (χ2v) is 6.87. The zero-order valence-corrected chi connectivity index (χ0v) is 13.9. The summed E-state index contributed by atoms with van der Waals surface area (Å²) in [6.07, 6.45) is 3.16. The summed E-state index contributed by atoms with van der Waals surface area (Å²) in [5, 5.41) is 12.4. The highest BCUT2D eigenvalue weighted by Crippen LogP contribution is 2.36. The molecule has 2 atom stereocenters. The van der Waals surface area contributed by atoms with Crippen LogP contribution >= 0.6 is 15.9 Å². The molecular formula is C16H20BrNO3. The first-order valence-electron chi connectivity index (χ1n) is 7.15. The van der Waals surface area contributed by atoms with Crippen molar-refractivity contribution in [1.29, 1.82) is 0 Å². The molecule has 5 heteroatoms. The van der Waals surface area contributed by atoms with E-state index in [1.54, 1.807) is 13.0 Å². The molecule has 0 aromatic heterocycles. The van der Waals surface area contributed by atoms with Gasteiger partial charge in [0.25, 0.3) is 5.91 Å². The van der Waals surface area contributed by atoms with Gasteiger partial charge in [0, 0.05) is 16.1 Å². The summed E-state index contributed by atoms with van der Waals surface area (Å²) in [5.41, 5.74) is 0.586. The van der Waals surface area contributed by atoms with Gasteiger partial charge in [-0.2, -0.15) is 0 Å². The van der Waals surface area contributed by atoms with E-state index >= 15 is 0 Å². The summed E-state index contributed by atoms with van der Waals surface area (Å²) in [4.78, 5) is 24.0. The van der Waals surface area contributed by atoms with Gasteiger partial charge in [-0.25, -0.2) is 0 Å². The third-order valence-electron chi connectivity index (χ3n) is 4.43. The fourth-order valence-electron chi connectivity index (χ4n) is 2.94. The van der Waals surface area contributed by atoms with Crippen LogP contribution in [-0.2, 0) is 4.79 Å². The molecular weight excluding hydrogens is 334 g/mol. The molecule has 0 bridgehead atoms. The number of rotatable bonds is 3. The van der Waals surface area contributed by atoms with Crippen molar-refractivity contribution in [2.75, 3.05) is 0 Å². The number of aliphatic carboxylic acids is 1. The van der Waals surface area contributed by atoms with Crippen molar-refractivity contribution in [1.82, 2.24) is 5.32 Å². The summed E-state index contributed by atoms with van der Waals surface area (Å²) < 4.78 is 0.921. The smallest absolute Gasteiger partial charge is 0.311 e. The van der Waals surface area contributed by atoms with Gasteiger partial charge in [0.15, 0.2) is 0 Å². The van der Waals surface area contributed by atoms with Crippen LogP contribution in [-0.4, -0.2) is 23.0 Å². The fraction of sp³-hybridized carbons (Fsp3) is 0.500. The zero-order valence-electron chi connectivity index (χ0n) is 12.3. The molecule has 0 heterocycles. The maximum Gasteiger partial charge on any atom is 0.311 e. The van der Waals surface area contributed by atoms with Gasteiger partial charge in [-0.1, -0.05) is 28.8 Å². The quantitative estimate of drug-likeness (QED) is 0.873. The maximum absolute atomic E-state index is 12.4. The molecule has 0 aliphatic heterocycles. The van der Waals surface area contributed by atoms with Gasteiger partial charge >= 0.3 is 5.97 Å². The van der Waals surface area contributed by atoms with Gasteiger partial charge in [-0.15, -0.1) is 0 Å². The average molecular weight is 354 g/mol. The Labute approximate surface area is 133 Å². The minimum atomic E-state index is -0.878. The number of carboxylic acids is 1. The average Bonchev–Trinajstić information content (AvgIpc) is 2.41. The Bertz CT molecular complexity index is 573. The van der Waals surface area contributed by atoms with Crippen LogP contribution in [0.3, 0.4) is 0 Å². The van der Waals surface area contributed by atoms with Gasteiger partial charge in [-0.3, -0.25) is 9.59 Å². The van der Waals surface area contributed by atoms with Crippen LogP contribution in [0.15, 0.2) is 22.7 Å². The van der Waals surface area contributed by atoms with Crippen LogP contribution in [0.2, 0.25) is 0 Å². The summed E-state index contributed by atoms with van der Waals surface area (Å²) in [6.45, 7) is 3.60. The van der Waals surface area contributed by atoms with Crippen molar-refractivity contribution >= 4 is 27.8 Å². The van der Waals surface area contributed by atoms with Gasteiger partial charge in [0.05, 0.1) is 5.41 Å². The second kappa shape index (κ2) is 6.18. The fourth-order valence-corrected chi connectivity index (χ4v) is 3.41. The molecule has 2 unspecified atom stereocenters. The van der Waals surface area contributed by atoms with Crippen LogP contribution < -0.4 is 5.32 Å². The topological polar surface area (TPSA) is 66.4 Å². The number of carbonyl (C=O) groups excluding carboxylic acids is 1. The van der Waals surface area contributed by atoms with E-state index in [2.05, 4.69) is 21.2 Å². The van der Waals surface area contributed by atoms with Crippen molar-refractivity contribution in [3.8, 4) is 0 Å². The van der Waals surface area contributed by atoms with Crippen molar-refractivity contribution in [2.24, 2.45) is 5.41 Å². The number of amides is 1. The highest BCUT2D eigenvalue weighted by Gasteiger charge is 2.43. The second-order valence-electron chi connectivity index (χ2n) is 5.95. The van der Waals surface area contributed by atoms with Gasteiger partial charge in [0.2, 0.25) is 0 Å². The molecule has 2 rings (SSSR count). The number of nitrogens with one attached hydrogen (secondary N) is 1. The number of hydrogen-bond acceptors (Lipinski definition) is 2. The van der Waals surface area contributed by atoms with Gasteiger partial charge in [0.1, 0.15) is 0 Å². The normalized spacial score (nSPS) is 25.4. The highest BCUT2D eigenvalue weighted by molar-refractivity contribution is 9.10. The molecule has 4 nitrogen and oxygen atoms in total. The van der Waals surface area contributed by atoms with Gasteiger partial charge in [-0.05, 0) is 50.5 Å². The first-order chi connectivity index (χ1) is 9.84. The highest BCUT2D eigenvalue weighted by atomic mass is 79.9. The lowest BCUT2D eigenvalue weighted by atomic mass is 9.71. The summed E-state index contributed by atoms with van der Waals surface area (Å²) in [7, 11) is 0. The molecule has 1 aromatic carbocycles. The van der Waals surface area contributed by atoms with E-state index in [1.165, 1.54) is 0 Å². The van der Waals surface area contributed by atoms with Crippen molar-refractivity contribution in [3.63, 3.8) is 0 Å². The van der Waals surface area contributed by atoms with Gasteiger partial charge < -0.3 is 10.4 Å². The Morgan fingerprint density at radius 3 is 2.71 bits per heavy atom. The molecule has 114 valence electrons. The third kappa shape index (κ3) is 3.28. The molecule has 1 aromatic rings. The first-order valence-corrected chi connectivity index (χ1v) is 7.94. The predicted octanol–water partition coefficient (Wildman–Crippen LogP) is 3.52. The van der Waals surface area contributed by atoms with E-state index in [0.29, 0.717) is 18.4 Å². The molecule has 1 aliphatic carbocycles. The predicted molar refractivity (Wildman–Crippen MR) is 84.3 cm³/mol. The Kier molecular flexibility index (Phi) is 4.71. The van der Waals surface area contributed by atoms with Crippen LogP contribution in [0.1, 0.15) is 48.5 Å². The molecule has 1 aliphatic rings. The molecule has 2 N–H and O–H groups in total. The van der Waals surface area contributed by atoms with E-state index in [0.717, 1.165) is 22.9 Å². The monoisotopic (exact) mass is 353 g/mol. The SMILES string of the molecule is Cc1cc(Br)ccc1C(=O)NC1CCCCC1(C)C(=O)O. The minimum Gasteiger partial charge on any atom is -0.481 e. The Morgan fingerprint density at radius 1 is 1.38 bits per heavy atom. The van der Waals surface area contributed by atoms with Crippen molar-refractivity contribution < 1.29 is 14.7 Å². The molecule has 1 fully saturated rings. The lowest BCUT2D eigenvalue weighted by molar-refractivity contribution is -0.151. The molecule has 21 heavy (non-hydrogen) atoms. The molecule has 0 saturated heterocycles. The summed E-state index contributed by atoms with van der Waals surface area (Å²) in [5.74, 6) is -1.03. The lowest BCUT2D eigenvalue weighted by Gasteiger charge is -2.38. The zero-order chi connectivity index (χ0) is 15.6. The molecule has 1 saturated carbocycles. The van der Waals surface area contributed by atoms with Crippen LogP contribution in [0.25, 0.3) is 0 Å². The van der Waals surface area contributed by atoms with E-state index in [1.807, 2.05) is 19.1 Å². The Balaban J connectivity index is 2.19. The van der Waals surface area contributed by atoms with Crippen molar-refractivity contribution in [2.45, 2.75) is 45.6 Å². The summed E-state index contributed by atoms with van der Waals surface area (Å²) >= 11 is 3.37. The number of halogens is 1. The lowest BCUT2D eigenvalue weighted by Crippen LogP contribution is -2.52. The maximum atomic E-state index is 12.4. The first kappa shape index (κ1) is 16.0. The van der Waals surface area contributed by atoms with E-state index in [9.17, 15) is 14.7 Å². The molecule has 0 radical (unpaired) electrons. The molecule has 0 spiro atoms. The number of carboxylic acid groups (broad SMARTS) is 1. The largest absolute Gasteiger partial charge is 0.481 e. The van der Waals surface area contributed by atoms with Crippen LogP contribution in [0.4, 0.5) is 0 Å². The number of hydrogen-bond donors (Lipinski definition) is 2. The Morgan fingerprint density at radius 2 is 2.10 bits per heavy atom. The van der Waals surface area contributed by atoms with E-state index < -0.39 is 11.4 Å². The number of benzene rings is 1. The number of carbonyl (C=O) groups is 2. The molecule has 1 amide bonds. The van der Waals surface area contributed by atoms with E-state index in [4.69, 9.17) is 0 Å². The van der Waals surface area contributed by atoms with E-state index in [-0.39, 0.29) is 11.9 Å². The standard InChI is InChI=1S/C16H20BrNO3/c1-10-9-11(17)6-7-12(10)14(19)18-13-5-3-4-8-16(13,2)15(20)21/h6-7,9,13H,3-5,8H2,1-2H3,(H,18,19)(H,20,21). The van der Waals surface area contributed by atoms with Crippen LogP contribution in [0, 0.1) is 12.3 Å². The Hall–Kier alpha value is -1.36. The minimum absolute atomic E-state index is 0.195. The summed E-state index contributed by atoms with van der Waals surface area (Å²) in [6, 6.07) is 5.14. The third-order valence-corrected chi connectivity index (χ3v) is 4.93. The van der Waals surface area contributed by atoms with Crippen molar-refractivity contribution in [3.05, 3.63) is 33.8 Å².